The first-order valence-electron chi connectivity index (χ1n) is 8.43. The number of methoxy groups -OCH3 is 1. The molecule has 134 valence electrons. The predicted octanol–water partition coefficient (Wildman–Crippen LogP) is 4.38. The molecule has 24 heavy (non-hydrogen) atoms. The number of nitrogens with one attached hydrogen (secondary N) is 1. The van der Waals surface area contributed by atoms with Gasteiger partial charge >= 0.3 is 0 Å². The molecule has 1 fully saturated rings. The summed E-state index contributed by atoms with van der Waals surface area (Å²) in [5.74, 6) is 1.59. The van der Waals surface area contributed by atoms with E-state index in [4.69, 9.17) is 16.3 Å². The van der Waals surface area contributed by atoms with Crippen molar-refractivity contribution in [3.8, 4) is 0 Å². The lowest BCUT2D eigenvalue weighted by atomic mass is 10.00. The largest absolute Gasteiger partial charge is 0.383 e. The van der Waals surface area contributed by atoms with Gasteiger partial charge in [-0.2, -0.15) is 11.8 Å². The summed E-state index contributed by atoms with van der Waals surface area (Å²) >= 11 is 10.1. The van der Waals surface area contributed by atoms with E-state index in [1.165, 1.54) is 31.2 Å². The smallest absolute Gasteiger partial charge is 0.230 e. The van der Waals surface area contributed by atoms with Gasteiger partial charge in [0.1, 0.15) is 0 Å². The van der Waals surface area contributed by atoms with Gasteiger partial charge in [-0.15, -0.1) is 11.8 Å². The molecule has 1 saturated carbocycles. The third-order valence-corrected chi connectivity index (χ3v) is 7.54. The van der Waals surface area contributed by atoms with Crippen molar-refractivity contribution >= 4 is 41.0 Å². The van der Waals surface area contributed by atoms with Gasteiger partial charge < -0.3 is 10.1 Å². The highest BCUT2D eigenvalue weighted by molar-refractivity contribution is 8.03. The maximum absolute atomic E-state index is 11.9. The van der Waals surface area contributed by atoms with E-state index >= 15 is 0 Å². The minimum Gasteiger partial charge on any atom is -0.383 e. The summed E-state index contributed by atoms with van der Waals surface area (Å²) in [6.07, 6.45) is 5.00. The molecule has 2 atom stereocenters. The molecule has 0 heterocycles. The number of amides is 1. The Morgan fingerprint density at radius 3 is 2.67 bits per heavy atom. The van der Waals surface area contributed by atoms with E-state index in [1.807, 2.05) is 30.0 Å². The molecule has 2 rings (SSSR count). The van der Waals surface area contributed by atoms with E-state index in [2.05, 4.69) is 11.4 Å². The third kappa shape index (κ3) is 6.87. The molecule has 1 aromatic carbocycles. The predicted molar refractivity (Wildman–Crippen MR) is 106 cm³/mol. The van der Waals surface area contributed by atoms with Gasteiger partial charge in [0.25, 0.3) is 0 Å². The van der Waals surface area contributed by atoms with Gasteiger partial charge in [0, 0.05) is 34.9 Å². The van der Waals surface area contributed by atoms with E-state index < -0.39 is 0 Å². The van der Waals surface area contributed by atoms with Crippen LogP contribution in [0.3, 0.4) is 0 Å². The molecule has 0 saturated heterocycles. The summed E-state index contributed by atoms with van der Waals surface area (Å²) in [4.78, 5) is 11.9. The zero-order valence-electron chi connectivity index (χ0n) is 14.1. The Kier molecular flexibility index (Phi) is 9.39. The van der Waals surface area contributed by atoms with Crippen LogP contribution >= 0.6 is 35.1 Å². The fraction of sp³-hybridized carbons (Fsp3) is 0.611. The van der Waals surface area contributed by atoms with E-state index in [9.17, 15) is 4.79 Å². The number of halogens is 1. The SMILES string of the molecule is COCCNC(=O)CSC1CCCCC1SCc1ccccc1Cl. The highest BCUT2D eigenvalue weighted by Crippen LogP contribution is 2.38. The van der Waals surface area contributed by atoms with Crippen LogP contribution in [0.4, 0.5) is 0 Å². The molecule has 1 aliphatic rings. The van der Waals surface area contributed by atoms with Gasteiger partial charge in [0.05, 0.1) is 12.4 Å². The molecule has 1 aliphatic carbocycles. The van der Waals surface area contributed by atoms with Crippen LogP contribution in [0, 0.1) is 0 Å². The van der Waals surface area contributed by atoms with Crippen LogP contribution in [0.1, 0.15) is 31.2 Å². The first kappa shape index (κ1) is 20.0. The van der Waals surface area contributed by atoms with Crippen molar-refractivity contribution in [2.75, 3.05) is 26.0 Å². The number of hydrogen-bond donors (Lipinski definition) is 1. The highest BCUT2D eigenvalue weighted by Gasteiger charge is 2.26. The Balaban J connectivity index is 1.77. The monoisotopic (exact) mass is 387 g/mol. The van der Waals surface area contributed by atoms with E-state index in [-0.39, 0.29) is 5.91 Å². The molecule has 2 unspecified atom stereocenters. The van der Waals surface area contributed by atoms with Crippen LogP contribution in [0.5, 0.6) is 0 Å². The average molecular weight is 388 g/mol. The van der Waals surface area contributed by atoms with E-state index in [0.29, 0.717) is 29.4 Å². The summed E-state index contributed by atoms with van der Waals surface area (Å²) in [5, 5.41) is 4.90. The average Bonchev–Trinajstić information content (AvgIpc) is 2.60. The van der Waals surface area contributed by atoms with Crippen LogP contribution in [0.15, 0.2) is 24.3 Å². The van der Waals surface area contributed by atoms with Gasteiger partial charge in [-0.05, 0) is 24.5 Å². The number of benzene rings is 1. The number of carbonyl (C=O) groups excluding carboxylic acids is 1. The number of rotatable bonds is 9. The molecule has 1 amide bonds. The van der Waals surface area contributed by atoms with Crippen molar-refractivity contribution in [3.63, 3.8) is 0 Å². The standard InChI is InChI=1S/C18H26ClNO2S2/c1-22-11-10-20-18(21)13-24-17-9-5-4-8-16(17)23-12-14-6-2-3-7-15(14)19/h2-3,6-7,16-17H,4-5,8-13H2,1H3,(H,20,21). The van der Waals surface area contributed by atoms with E-state index in [1.54, 1.807) is 18.9 Å². The van der Waals surface area contributed by atoms with Crippen LogP contribution < -0.4 is 5.32 Å². The highest BCUT2D eigenvalue weighted by atomic mass is 35.5. The van der Waals surface area contributed by atoms with Gasteiger partial charge in [0.2, 0.25) is 5.91 Å². The van der Waals surface area contributed by atoms with E-state index in [0.717, 1.165) is 10.8 Å². The minimum atomic E-state index is 0.109. The number of thioether (sulfide) groups is 2. The number of carbonyl (C=O) groups is 1. The molecule has 0 aromatic heterocycles. The van der Waals surface area contributed by atoms with Crippen LogP contribution in [0.25, 0.3) is 0 Å². The fourth-order valence-corrected chi connectivity index (χ4v) is 6.02. The second-order valence-corrected chi connectivity index (χ2v) is 8.78. The zero-order valence-corrected chi connectivity index (χ0v) is 16.5. The van der Waals surface area contributed by atoms with Crippen molar-refractivity contribution in [2.24, 2.45) is 0 Å². The Morgan fingerprint density at radius 2 is 1.96 bits per heavy atom. The van der Waals surface area contributed by atoms with Crippen molar-refractivity contribution in [1.82, 2.24) is 5.32 Å². The topological polar surface area (TPSA) is 38.3 Å². The van der Waals surface area contributed by atoms with Crippen LogP contribution in [0.2, 0.25) is 5.02 Å². The van der Waals surface area contributed by atoms with Gasteiger partial charge in [0.15, 0.2) is 0 Å². The van der Waals surface area contributed by atoms with Gasteiger partial charge in [-0.1, -0.05) is 42.6 Å². The zero-order chi connectivity index (χ0) is 17.2. The van der Waals surface area contributed by atoms with Crippen molar-refractivity contribution in [2.45, 2.75) is 41.9 Å². The maximum atomic E-state index is 11.9. The normalized spacial score (nSPS) is 20.8. The molecule has 0 radical (unpaired) electrons. The molecular weight excluding hydrogens is 362 g/mol. The molecule has 0 aliphatic heterocycles. The molecule has 3 nitrogen and oxygen atoms in total. The minimum absolute atomic E-state index is 0.109. The maximum Gasteiger partial charge on any atom is 0.230 e. The second-order valence-electron chi connectivity index (χ2n) is 5.92. The Bertz CT molecular complexity index is 516. The first-order chi connectivity index (χ1) is 11.7. The third-order valence-electron chi connectivity index (χ3n) is 4.11. The Hall–Kier alpha value is -0.360. The van der Waals surface area contributed by atoms with Crippen molar-refractivity contribution in [3.05, 3.63) is 34.9 Å². The van der Waals surface area contributed by atoms with Gasteiger partial charge in [-0.25, -0.2) is 0 Å². The van der Waals surface area contributed by atoms with Gasteiger partial charge in [-0.3, -0.25) is 4.79 Å². The second kappa shape index (κ2) is 11.3. The van der Waals surface area contributed by atoms with Crippen LogP contribution in [-0.2, 0) is 15.3 Å². The Morgan fingerprint density at radius 1 is 1.25 bits per heavy atom. The molecule has 1 N–H and O–H groups in total. The summed E-state index contributed by atoms with van der Waals surface area (Å²) < 4.78 is 4.95. The molecule has 0 spiro atoms. The summed E-state index contributed by atoms with van der Waals surface area (Å²) in [6.45, 7) is 1.15. The summed E-state index contributed by atoms with van der Waals surface area (Å²) in [7, 11) is 1.64. The summed E-state index contributed by atoms with van der Waals surface area (Å²) in [6, 6.07) is 8.07. The lowest BCUT2D eigenvalue weighted by molar-refractivity contribution is -0.118. The van der Waals surface area contributed by atoms with Crippen molar-refractivity contribution in [1.29, 1.82) is 0 Å². The Labute approximate surface area is 158 Å². The molecule has 6 heteroatoms. The molecule has 1 aromatic rings. The number of ether oxygens (including phenoxy) is 1. The summed E-state index contributed by atoms with van der Waals surface area (Å²) in [5.41, 5.74) is 1.20. The fourth-order valence-electron chi connectivity index (χ4n) is 2.78. The lowest BCUT2D eigenvalue weighted by Gasteiger charge is -2.30. The first-order valence-corrected chi connectivity index (χ1v) is 10.9. The molecule has 0 bridgehead atoms. The number of hydrogen-bond acceptors (Lipinski definition) is 4. The van der Waals surface area contributed by atoms with Crippen LogP contribution in [-0.4, -0.2) is 42.4 Å². The lowest BCUT2D eigenvalue weighted by Crippen LogP contribution is -2.31. The van der Waals surface area contributed by atoms with Crippen molar-refractivity contribution < 1.29 is 9.53 Å². The quantitative estimate of drug-likeness (QED) is 0.638. The molecular formula is C18H26ClNO2S2.